The van der Waals surface area contributed by atoms with Gasteiger partial charge < -0.3 is 10.1 Å². The highest BCUT2D eigenvalue weighted by molar-refractivity contribution is 7.99. The standard InChI is InChI=1S/C24H20N2O3S2/c1-2-29-24(28)22-18(16-8-4-3-5-9-16)14-31-23(22)26-20(27)15-30-21-13-12-17-10-6-7-11-19(17)25-21/h3-14H,2,15H2,1H3,(H,26,27). The van der Waals surface area contributed by atoms with Crippen molar-refractivity contribution in [3.8, 4) is 11.1 Å². The number of carbonyl (C=O) groups excluding carboxylic acids is 2. The Morgan fingerprint density at radius 3 is 2.61 bits per heavy atom. The van der Waals surface area contributed by atoms with E-state index in [1.165, 1.54) is 23.1 Å². The first-order valence-corrected chi connectivity index (χ1v) is 11.6. The highest BCUT2D eigenvalue weighted by Crippen LogP contribution is 2.36. The topological polar surface area (TPSA) is 68.3 Å². The van der Waals surface area contributed by atoms with E-state index in [9.17, 15) is 9.59 Å². The quantitative estimate of drug-likeness (QED) is 0.283. The number of thioether (sulfide) groups is 1. The number of ether oxygens (including phenoxy) is 1. The number of esters is 1. The summed E-state index contributed by atoms with van der Waals surface area (Å²) >= 11 is 2.68. The normalized spacial score (nSPS) is 10.7. The summed E-state index contributed by atoms with van der Waals surface area (Å²) in [7, 11) is 0. The van der Waals surface area contributed by atoms with E-state index in [1.54, 1.807) is 6.92 Å². The molecule has 1 N–H and O–H groups in total. The van der Waals surface area contributed by atoms with Crippen LogP contribution in [0.2, 0.25) is 0 Å². The maximum absolute atomic E-state index is 12.6. The Bertz CT molecular complexity index is 1220. The molecule has 0 spiro atoms. The number of pyridine rings is 1. The van der Waals surface area contributed by atoms with Gasteiger partial charge in [-0.3, -0.25) is 4.79 Å². The first-order valence-electron chi connectivity index (χ1n) is 9.78. The molecule has 2 aromatic carbocycles. The first-order chi connectivity index (χ1) is 15.2. The molecule has 31 heavy (non-hydrogen) atoms. The Hall–Kier alpha value is -3.16. The molecule has 0 aliphatic carbocycles. The van der Waals surface area contributed by atoms with Gasteiger partial charge in [-0.05, 0) is 24.6 Å². The number of para-hydroxylation sites is 1. The Morgan fingerprint density at radius 1 is 1.03 bits per heavy atom. The zero-order valence-corrected chi connectivity index (χ0v) is 18.5. The highest BCUT2D eigenvalue weighted by atomic mass is 32.2. The van der Waals surface area contributed by atoms with Crippen LogP contribution in [0.3, 0.4) is 0 Å². The smallest absolute Gasteiger partial charge is 0.341 e. The number of carbonyl (C=O) groups is 2. The van der Waals surface area contributed by atoms with E-state index >= 15 is 0 Å². The number of rotatable bonds is 7. The van der Waals surface area contributed by atoms with Crippen molar-refractivity contribution >= 4 is 50.9 Å². The van der Waals surface area contributed by atoms with Crippen molar-refractivity contribution in [1.82, 2.24) is 4.98 Å². The van der Waals surface area contributed by atoms with Crippen molar-refractivity contribution in [2.75, 3.05) is 17.7 Å². The summed E-state index contributed by atoms with van der Waals surface area (Å²) in [6, 6.07) is 21.3. The van der Waals surface area contributed by atoms with Gasteiger partial charge in [-0.2, -0.15) is 0 Å². The maximum Gasteiger partial charge on any atom is 0.341 e. The van der Waals surface area contributed by atoms with E-state index in [0.717, 1.165) is 27.1 Å². The predicted molar refractivity (Wildman–Crippen MR) is 127 cm³/mol. The fourth-order valence-electron chi connectivity index (χ4n) is 3.12. The molecular weight excluding hydrogens is 428 g/mol. The molecule has 4 rings (SSSR count). The van der Waals surface area contributed by atoms with E-state index in [-0.39, 0.29) is 18.3 Å². The molecule has 156 valence electrons. The minimum Gasteiger partial charge on any atom is -0.462 e. The van der Waals surface area contributed by atoms with Crippen molar-refractivity contribution in [3.63, 3.8) is 0 Å². The molecule has 0 fully saturated rings. The second-order valence-corrected chi connectivity index (χ2v) is 8.49. The van der Waals surface area contributed by atoms with Crippen LogP contribution >= 0.6 is 23.1 Å². The Labute approximate surface area is 188 Å². The lowest BCUT2D eigenvalue weighted by Gasteiger charge is -2.09. The number of thiophene rings is 1. The molecule has 5 nitrogen and oxygen atoms in total. The van der Waals surface area contributed by atoms with Gasteiger partial charge in [-0.15, -0.1) is 11.3 Å². The van der Waals surface area contributed by atoms with Crippen LogP contribution in [0, 0.1) is 0 Å². The molecule has 4 aromatic rings. The van der Waals surface area contributed by atoms with Gasteiger partial charge in [-0.1, -0.05) is 66.4 Å². The molecule has 0 bridgehead atoms. The predicted octanol–water partition coefficient (Wildman–Crippen LogP) is 5.87. The Kier molecular flexibility index (Phi) is 6.64. The Morgan fingerprint density at radius 2 is 1.81 bits per heavy atom. The average molecular weight is 449 g/mol. The van der Waals surface area contributed by atoms with Crippen LogP contribution in [-0.2, 0) is 9.53 Å². The van der Waals surface area contributed by atoms with Gasteiger partial charge >= 0.3 is 5.97 Å². The largest absolute Gasteiger partial charge is 0.462 e. The van der Waals surface area contributed by atoms with Crippen molar-refractivity contribution in [1.29, 1.82) is 0 Å². The van der Waals surface area contributed by atoms with E-state index in [0.29, 0.717) is 10.6 Å². The third kappa shape index (κ3) is 4.95. The molecule has 0 aliphatic rings. The molecule has 7 heteroatoms. The van der Waals surface area contributed by atoms with Crippen molar-refractivity contribution in [3.05, 3.63) is 77.7 Å². The van der Waals surface area contributed by atoms with Crippen LogP contribution in [0.4, 0.5) is 5.00 Å². The Balaban J connectivity index is 1.50. The second-order valence-electron chi connectivity index (χ2n) is 6.62. The van der Waals surface area contributed by atoms with Gasteiger partial charge in [0.2, 0.25) is 5.91 Å². The number of amides is 1. The van der Waals surface area contributed by atoms with Crippen molar-refractivity contribution < 1.29 is 14.3 Å². The molecule has 0 aliphatic heterocycles. The lowest BCUT2D eigenvalue weighted by molar-refractivity contribution is -0.113. The van der Waals surface area contributed by atoms with Crippen molar-refractivity contribution in [2.45, 2.75) is 11.9 Å². The number of benzene rings is 2. The van der Waals surface area contributed by atoms with Crippen LogP contribution < -0.4 is 5.32 Å². The summed E-state index contributed by atoms with van der Waals surface area (Å²) in [6.45, 7) is 2.03. The van der Waals surface area contributed by atoms with E-state index in [1.807, 2.05) is 72.1 Å². The minimum atomic E-state index is -0.443. The summed E-state index contributed by atoms with van der Waals surface area (Å²) < 4.78 is 5.24. The third-order valence-electron chi connectivity index (χ3n) is 4.53. The van der Waals surface area contributed by atoms with E-state index in [4.69, 9.17) is 4.74 Å². The summed E-state index contributed by atoms with van der Waals surface area (Å²) in [5.41, 5.74) is 2.93. The number of anilines is 1. The summed E-state index contributed by atoms with van der Waals surface area (Å²) in [6.07, 6.45) is 0. The summed E-state index contributed by atoms with van der Waals surface area (Å²) in [4.78, 5) is 29.8. The molecule has 2 heterocycles. The lowest BCUT2D eigenvalue weighted by atomic mass is 10.0. The van der Waals surface area contributed by atoms with Crippen LogP contribution in [0.5, 0.6) is 0 Å². The first kappa shape index (κ1) is 21.1. The number of hydrogen-bond donors (Lipinski definition) is 1. The molecule has 2 aromatic heterocycles. The third-order valence-corrected chi connectivity index (χ3v) is 6.36. The molecule has 0 radical (unpaired) electrons. The van der Waals surface area contributed by atoms with Gasteiger partial charge in [0, 0.05) is 16.3 Å². The zero-order valence-electron chi connectivity index (χ0n) is 16.8. The molecule has 0 unspecified atom stereocenters. The lowest BCUT2D eigenvalue weighted by Crippen LogP contribution is -2.16. The monoisotopic (exact) mass is 448 g/mol. The number of nitrogens with zero attached hydrogens (tertiary/aromatic N) is 1. The van der Waals surface area contributed by atoms with E-state index in [2.05, 4.69) is 10.3 Å². The van der Waals surface area contributed by atoms with Gasteiger partial charge in [0.25, 0.3) is 0 Å². The SMILES string of the molecule is CCOC(=O)c1c(-c2ccccc2)csc1NC(=O)CSc1ccc2ccccc2n1. The fourth-order valence-corrected chi connectivity index (χ4v) is 4.77. The van der Waals surface area contributed by atoms with Gasteiger partial charge in [0.15, 0.2) is 0 Å². The second kappa shape index (κ2) is 9.76. The number of aromatic nitrogens is 1. The fraction of sp³-hybridized carbons (Fsp3) is 0.125. The minimum absolute atomic E-state index is 0.187. The number of nitrogens with one attached hydrogen (secondary N) is 1. The molecular formula is C24H20N2O3S2. The van der Waals surface area contributed by atoms with Crippen LogP contribution in [0.1, 0.15) is 17.3 Å². The zero-order chi connectivity index (χ0) is 21.6. The summed E-state index contributed by atoms with van der Waals surface area (Å²) in [5.74, 6) is -0.458. The number of fused-ring (bicyclic) bond motifs is 1. The highest BCUT2D eigenvalue weighted by Gasteiger charge is 2.22. The van der Waals surface area contributed by atoms with Crippen LogP contribution in [-0.4, -0.2) is 29.2 Å². The molecule has 0 atom stereocenters. The summed E-state index contributed by atoms with van der Waals surface area (Å²) in [5, 5.41) is 7.07. The maximum atomic E-state index is 12.6. The number of hydrogen-bond acceptors (Lipinski definition) is 6. The van der Waals surface area contributed by atoms with Gasteiger partial charge in [0.05, 0.1) is 22.9 Å². The van der Waals surface area contributed by atoms with Crippen LogP contribution in [0.25, 0.3) is 22.0 Å². The van der Waals surface area contributed by atoms with Gasteiger partial charge in [-0.25, -0.2) is 9.78 Å². The van der Waals surface area contributed by atoms with E-state index < -0.39 is 5.97 Å². The molecule has 0 saturated heterocycles. The molecule has 0 saturated carbocycles. The van der Waals surface area contributed by atoms with Crippen LogP contribution in [0.15, 0.2) is 77.1 Å². The van der Waals surface area contributed by atoms with Crippen molar-refractivity contribution in [2.24, 2.45) is 0 Å². The molecule has 1 amide bonds. The van der Waals surface area contributed by atoms with Gasteiger partial charge in [0.1, 0.15) is 10.6 Å². The average Bonchev–Trinajstić information content (AvgIpc) is 3.22.